The average Bonchev–Trinajstić information content (AvgIpc) is 2.73. The largest absolute Gasteiger partial charge is 0.494 e. The lowest BCUT2D eigenvalue weighted by atomic mass is 9.82. The molecule has 1 aromatic rings. The third-order valence-corrected chi connectivity index (χ3v) is 6.74. The molecule has 1 saturated heterocycles. The molecule has 7 nitrogen and oxygen atoms in total. The van der Waals surface area contributed by atoms with Gasteiger partial charge in [0.15, 0.2) is 0 Å². The van der Waals surface area contributed by atoms with Gasteiger partial charge in [0, 0.05) is 12.1 Å². The third-order valence-electron chi connectivity index (χ3n) is 6.01. The topological polar surface area (TPSA) is 100 Å². The Bertz CT molecular complexity index is 844. The lowest BCUT2D eigenvalue weighted by Gasteiger charge is -2.35. The second-order valence-electron chi connectivity index (χ2n) is 8.30. The number of benzene rings is 1. The fourth-order valence-corrected chi connectivity index (χ4v) is 5.38. The summed E-state index contributed by atoms with van der Waals surface area (Å²) in [5, 5.41) is 12.7. The summed E-state index contributed by atoms with van der Waals surface area (Å²) < 4.78 is 38.0. The van der Waals surface area contributed by atoms with Crippen molar-refractivity contribution in [1.82, 2.24) is 10.0 Å². The normalized spacial score (nSPS) is 27.4. The lowest BCUT2D eigenvalue weighted by molar-refractivity contribution is 0.00511. The molecule has 1 heterocycles. The van der Waals surface area contributed by atoms with Gasteiger partial charge in [-0.15, -0.1) is 0 Å². The van der Waals surface area contributed by atoms with Crippen molar-refractivity contribution in [2.75, 3.05) is 26.0 Å². The summed E-state index contributed by atoms with van der Waals surface area (Å²) >= 11 is 0. The summed E-state index contributed by atoms with van der Waals surface area (Å²) in [7, 11) is -3.23. The maximum Gasteiger partial charge on any atom is 0.209 e. The van der Waals surface area contributed by atoms with Gasteiger partial charge in [0.2, 0.25) is 10.0 Å². The summed E-state index contributed by atoms with van der Waals surface area (Å²) in [6, 6.07) is 7.79. The second-order valence-corrected chi connectivity index (χ2v) is 10.1. The Morgan fingerprint density at radius 3 is 2.67 bits per heavy atom. The van der Waals surface area contributed by atoms with Crippen LogP contribution < -0.4 is 14.8 Å². The molecule has 2 atom stereocenters. The zero-order chi connectivity index (χ0) is 21.6. The molecule has 0 bridgehead atoms. The number of hydrogen-bond acceptors (Lipinski definition) is 6. The van der Waals surface area contributed by atoms with Crippen LogP contribution in [-0.2, 0) is 14.8 Å². The highest BCUT2D eigenvalue weighted by molar-refractivity contribution is 7.88. The first kappa shape index (κ1) is 23.0. The molecule has 1 aromatic carbocycles. The molecule has 0 unspecified atom stereocenters. The monoisotopic (exact) mass is 435 g/mol. The standard InChI is InChI=1S/C22H33N3O4S/c1-3-28-22-11-6-16(14-23)13-19(22)17-7-9-18(10-8-17)29-15-21-20(5-4-12-24-21)25-30(2,26)27/h6,11,13,17-18,20-21,24-25H,3-5,7-10,12,15H2,1-2H3/t17-,18+,20-,21-/m0/s1. The van der Waals surface area contributed by atoms with Crippen molar-refractivity contribution in [3.63, 3.8) is 0 Å². The van der Waals surface area contributed by atoms with Gasteiger partial charge >= 0.3 is 0 Å². The van der Waals surface area contributed by atoms with Gasteiger partial charge in [-0.3, -0.25) is 0 Å². The zero-order valence-corrected chi connectivity index (χ0v) is 18.7. The van der Waals surface area contributed by atoms with Crippen LogP contribution in [0.2, 0.25) is 0 Å². The Hall–Kier alpha value is -1.66. The van der Waals surface area contributed by atoms with Crippen molar-refractivity contribution in [2.24, 2.45) is 0 Å². The number of rotatable bonds is 8. The molecule has 0 spiro atoms. The van der Waals surface area contributed by atoms with Gasteiger partial charge in [-0.2, -0.15) is 5.26 Å². The SMILES string of the molecule is CCOc1ccc(C#N)cc1[C@H]1CC[C@@H](OC[C@@H]2NCCC[C@@H]2NS(C)(=O)=O)CC1. The fraction of sp³-hybridized carbons (Fsp3) is 0.682. The van der Waals surface area contributed by atoms with Crippen molar-refractivity contribution in [3.05, 3.63) is 29.3 Å². The summed E-state index contributed by atoms with van der Waals surface area (Å²) in [6.07, 6.45) is 7.05. The van der Waals surface area contributed by atoms with Crippen molar-refractivity contribution >= 4 is 10.0 Å². The molecule has 2 N–H and O–H groups in total. The van der Waals surface area contributed by atoms with E-state index in [1.165, 1.54) is 6.26 Å². The van der Waals surface area contributed by atoms with E-state index < -0.39 is 10.0 Å². The van der Waals surface area contributed by atoms with E-state index in [-0.39, 0.29) is 18.2 Å². The maximum absolute atomic E-state index is 11.6. The minimum absolute atomic E-state index is 0.00284. The van der Waals surface area contributed by atoms with Crippen molar-refractivity contribution in [3.8, 4) is 11.8 Å². The van der Waals surface area contributed by atoms with E-state index in [1.807, 2.05) is 19.1 Å². The van der Waals surface area contributed by atoms with Crippen LogP contribution in [0.3, 0.4) is 0 Å². The second kappa shape index (κ2) is 10.6. The van der Waals surface area contributed by atoms with Crippen LogP contribution in [0.1, 0.15) is 62.5 Å². The Morgan fingerprint density at radius 2 is 2.00 bits per heavy atom. The third kappa shape index (κ3) is 6.42. The minimum Gasteiger partial charge on any atom is -0.494 e. The van der Waals surface area contributed by atoms with Crippen molar-refractivity contribution in [1.29, 1.82) is 5.26 Å². The van der Waals surface area contributed by atoms with Gasteiger partial charge in [0.05, 0.1) is 37.2 Å². The predicted octanol–water partition coefficient (Wildman–Crippen LogP) is 2.67. The van der Waals surface area contributed by atoms with Gasteiger partial charge in [0.1, 0.15) is 5.75 Å². The van der Waals surface area contributed by atoms with Gasteiger partial charge in [-0.1, -0.05) is 0 Å². The number of sulfonamides is 1. The quantitative estimate of drug-likeness (QED) is 0.651. The lowest BCUT2D eigenvalue weighted by Crippen LogP contribution is -2.55. The highest BCUT2D eigenvalue weighted by Gasteiger charge is 2.30. The van der Waals surface area contributed by atoms with E-state index in [2.05, 4.69) is 16.1 Å². The first-order valence-electron chi connectivity index (χ1n) is 10.9. The molecule has 1 aliphatic carbocycles. The summed E-state index contributed by atoms with van der Waals surface area (Å²) in [4.78, 5) is 0. The number of nitriles is 1. The van der Waals surface area contributed by atoms with E-state index in [0.29, 0.717) is 24.7 Å². The first-order valence-corrected chi connectivity index (χ1v) is 12.8. The number of hydrogen-bond donors (Lipinski definition) is 2. The van der Waals surface area contributed by atoms with Crippen LogP contribution in [0.15, 0.2) is 18.2 Å². The molecule has 2 fully saturated rings. The molecule has 2 aliphatic rings. The number of ether oxygens (including phenoxy) is 2. The molecule has 3 rings (SSSR count). The van der Waals surface area contributed by atoms with E-state index in [9.17, 15) is 13.7 Å². The summed E-state index contributed by atoms with van der Waals surface area (Å²) in [6.45, 7) is 3.97. The molecule has 0 aromatic heterocycles. The Kier molecular flexibility index (Phi) is 8.12. The van der Waals surface area contributed by atoms with E-state index >= 15 is 0 Å². The highest BCUT2D eigenvalue weighted by Crippen LogP contribution is 2.39. The first-order chi connectivity index (χ1) is 14.4. The van der Waals surface area contributed by atoms with E-state index in [0.717, 1.165) is 56.4 Å². The van der Waals surface area contributed by atoms with Crippen molar-refractivity contribution < 1.29 is 17.9 Å². The Labute approximate surface area is 180 Å². The minimum atomic E-state index is -3.23. The molecule has 30 heavy (non-hydrogen) atoms. The molecular weight excluding hydrogens is 402 g/mol. The molecule has 1 saturated carbocycles. The number of nitrogens with one attached hydrogen (secondary N) is 2. The maximum atomic E-state index is 11.6. The summed E-state index contributed by atoms with van der Waals surface area (Å²) in [5.41, 5.74) is 1.79. The molecule has 0 amide bonds. The summed E-state index contributed by atoms with van der Waals surface area (Å²) in [5.74, 6) is 1.24. The van der Waals surface area contributed by atoms with Gasteiger partial charge in [-0.25, -0.2) is 13.1 Å². The number of nitrogens with zero attached hydrogens (tertiary/aromatic N) is 1. The molecule has 166 valence electrons. The smallest absolute Gasteiger partial charge is 0.209 e. The molecule has 0 radical (unpaired) electrons. The molecule has 1 aliphatic heterocycles. The average molecular weight is 436 g/mol. The van der Waals surface area contributed by atoms with E-state index in [1.54, 1.807) is 6.07 Å². The van der Waals surface area contributed by atoms with Crippen molar-refractivity contribution in [2.45, 2.75) is 69.6 Å². The van der Waals surface area contributed by atoms with E-state index in [4.69, 9.17) is 9.47 Å². The zero-order valence-electron chi connectivity index (χ0n) is 17.9. The predicted molar refractivity (Wildman–Crippen MR) is 116 cm³/mol. The number of piperidine rings is 1. The Balaban J connectivity index is 1.54. The van der Waals surface area contributed by atoms with Crippen LogP contribution in [0, 0.1) is 11.3 Å². The van der Waals surface area contributed by atoms with Crippen LogP contribution in [0.25, 0.3) is 0 Å². The Morgan fingerprint density at radius 1 is 1.23 bits per heavy atom. The van der Waals surface area contributed by atoms with Crippen LogP contribution in [0.4, 0.5) is 0 Å². The van der Waals surface area contributed by atoms with Crippen LogP contribution in [0.5, 0.6) is 5.75 Å². The molecule has 8 heteroatoms. The van der Waals surface area contributed by atoms with Crippen LogP contribution >= 0.6 is 0 Å². The van der Waals surface area contributed by atoms with Gasteiger partial charge in [-0.05, 0) is 81.7 Å². The van der Waals surface area contributed by atoms with Gasteiger partial charge < -0.3 is 14.8 Å². The van der Waals surface area contributed by atoms with Gasteiger partial charge in [0.25, 0.3) is 0 Å². The van der Waals surface area contributed by atoms with Crippen LogP contribution in [-0.4, -0.2) is 52.6 Å². The highest BCUT2D eigenvalue weighted by atomic mass is 32.2. The molecular formula is C22H33N3O4S. The fourth-order valence-electron chi connectivity index (χ4n) is 4.55.